The van der Waals surface area contributed by atoms with Crippen LogP contribution in [0.4, 0.5) is 0 Å². The molecule has 6 heteroatoms. The van der Waals surface area contributed by atoms with Gasteiger partial charge in [-0.05, 0) is 31.4 Å². The lowest BCUT2D eigenvalue weighted by Gasteiger charge is -2.34. The maximum atomic E-state index is 12.8. The van der Waals surface area contributed by atoms with Crippen LogP contribution in [0, 0.1) is 12.8 Å². The van der Waals surface area contributed by atoms with Crippen LogP contribution in [0.2, 0.25) is 5.15 Å². The average molecular weight is 334 g/mol. The lowest BCUT2D eigenvalue weighted by molar-refractivity contribution is 0.0248. The molecule has 0 spiro atoms. The quantitative estimate of drug-likeness (QED) is 0.919. The fraction of sp³-hybridized carbons (Fsp3) is 0.412. The SMILES string of the molecule is Cc1nn(-c2ccccc2)c(Cl)c1C(=O)N1CCC(C)C(O)C1. The summed E-state index contributed by atoms with van der Waals surface area (Å²) in [6, 6.07) is 9.48. The number of benzene rings is 1. The summed E-state index contributed by atoms with van der Waals surface area (Å²) in [6.45, 7) is 4.75. The zero-order chi connectivity index (χ0) is 16.6. The van der Waals surface area contributed by atoms with E-state index in [0.29, 0.717) is 29.5 Å². The average Bonchev–Trinajstić information content (AvgIpc) is 2.85. The monoisotopic (exact) mass is 333 g/mol. The van der Waals surface area contributed by atoms with Crippen molar-refractivity contribution >= 4 is 17.5 Å². The number of hydrogen-bond donors (Lipinski definition) is 1. The number of β-amino-alcohol motifs (C(OH)–C–C–N with tert-alkyl or cyclic N) is 1. The van der Waals surface area contributed by atoms with Crippen LogP contribution in [0.25, 0.3) is 5.69 Å². The van der Waals surface area contributed by atoms with Crippen molar-refractivity contribution in [1.82, 2.24) is 14.7 Å². The summed E-state index contributed by atoms with van der Waals surface area (Å²) in [5.74, 6) is 0.0447. The van der Waals surface area contributed by atoms with Crippen molar-refractivity contribution in [3.63, 3.8) is 0 Å². The number of aliphatic hydroxyl groups is 1. The van der Waals surface area contributed by atoms with Crippen LogP contribution in [0.3, 0.4) is 0 Å². The van der Waals surface area contributed by atoms with Crippen molar-refractivity contribution < 1.29 is 9.90 Å². The first-order valence-electron chi connectivity index (χ1n) is 7.77. The molecule has 2 atom stereocenters. The van der Waals surface area contributed by atoms with E-state index in [1.807, 2.05) is 37.3 Å². The van der Waals surface area contributed by atoms with Crippen LogP contribution in [-0.2, 0) is 0 Å². The van der Waals surface area contributed by atoms with Crippen molar-refractivity contribution in [1.29, 1.82) is 0 Å². The summed E-state index contributed by atoms with van der Waals surface area (Å²) in [5.41, 5.74) is 1.82. The van der Waals surface area contributed by atoms with E-state index in [9.17, 15) is 9.90 Å². The number of aryl methyl sites for hydroxylation is 1. The number of piperidine rings is 1. The van der Waals surface area contributed by atoms with Crippen molar-refractivity contribution in [3.05, 3.63) is 46.7 Å². The molecule has 0 saturated carbocycles. The van der Waals surface area contributed by atoms with Gasteiger partial charge in [0.15, 0.2) is 0 Å². The Morgan fingerprint density at radius 2 is 2.04 bits per heavy atom. The van der Waals surface area contributed by atoms with E-state index in [4.69, 9.17) is 11.6 Å². The smallest absolute Gasteiger partial charge is 0.258 e. The molecule has 1 N–H and O–H groups in total. The molecule has 2 aromatic rings. The first-order valence-corrected chi connectivity index (χ1v) is 8.14. The van der Waals surface area contributed by atoms with Crippen molar-refractivity contribution in [2.45, 2.75) is 26.4 Å². The number of likely N-dealkylation sites (tertiary alicyclic amines) is 1. The summed E-state index contributed by atoms with van der Waals surface area (Å²) < 4.78 is 1.58. The second-order valence-electron chi connectivity index (χ2n) is 6.08. The van der Waals surface area contributed by atoms with Gasteiger partial charge >= 0.3 is 0 Å². The molecule has 23 heavy (non-hydrogen) atoms. The first kappa shape index (κ1) is 16.0. The van der Waals surface area contributed by atoms with Gasteiger partial charge in [0, 0.05) is 13.1 Å². The Morgan fingerprint density at radius 3 is 2.70 bits per heavy atom. The largest absolute Gasteiger partial charge is 0.391 e. The van der Waals surface area contributed by atoms with Crippen molar-refractivity contribution in [2.24, 2.45) is 5.92 Å². The number of rotatable bonds is 2. The maximum Gasteiger partial charge on any atom is 0.258 e. The molecule has 3 rings (SSSR count). The van der Waals surface area contributed by atoms with Crippen LogP contribution in [-0.4, -0.2) is 44.9 Å². The summed E-state index contributed by atoms with van der Waals surface area (Å²) in [7, 11) is 0. The second kappa shape index (κ2) is 6.34. The number of aliphatic hydroxyl groups excluding tert-OH is 1. The second-order valence-corrected chi connectivity index (χ2v) is 6.44. The van der Waals surface area contributed by atoms with Crippen LogP contribution in [0.1, 0.15) is 29.4 Å². The van der Waals surface area contributed by atoms with E-state index in [1.54, 1.807) is 16.5 Å². The molecular formula is C17H20ClN3O2. The van der Waals surface area contributed by atoms with Crippen molar-refractivity contribution in [2.75, 3.05) is 13.1 Å². The lowest BCUT2D eigenvalue weighted by Crippen LogP contribution is -2.46. The number of nitrogens with zero attached hydrogens (tertiary/aromatic N) is 3. The molecule has 1 aromatic heterocycles. The molecule has 0 aliphatic carbocycles. The molecule has 1 aliphatic heterocycles. The van der Waals surface area contributed by atoms with Crippen LogP contribution < -0.4 is 0 Å². The van der Waals surface area contributed by atoms with E-state index in [2.05, 4.69) is 5.10 Å². The topological polar surface area (TPSA) is 58.4 Å². The summed E-state index contributed by atoms with van der Waals surface area (Å²) in [5, 5.41) is 14.7. The summed E-state index contributed by atoms with van der Waals surface area (Å²) in [4.78, 5) is 14.5. The molecule has 5 nitrogen and oxygen atoms in total. The molecule has 122 valence electrons. The Balaban J connectivity index is 1.92. The van der Waals surface area contributed by atoms with Gasteiger partial charge in [-0.3, -0.25) is 4.79 Å². The number of amides is 1. The molecular weight excluding hydrogens is 314 g/mol. The van der Waals surface area contributed by atoms with Gasteiger partial charge < -0.3 is 10.0 Å². The minimum absolute atomic E-state index is 0.166. The molecule has 1 aromatic carbocycles. The standard InChI is InChI=1S/C17H20ClN3O2/c1-11-8-9-20(10-14(11)22)17(23)15-12(2)19-21(16(15)18)13-6-4-3-5-7-13/h3-7,11,14,22H,8-10H2,1-2H3. The zero-order valence-electron chi connectivity index (χ0n) is 13.2. The Bertz CT molecular complexity index is 714. The predicted octanol–water partition coefficient (Wildman–Crippen LogP) is 2.68. The molecule has 1 amide bonds. The number of halogens is 1. The minimum Gasteiger partial charge on any atom is -0.391 e. The van der Waals surface area contributed by atoms with E-state index in [-0.39, 0.29) is 11.8 Å². The highest BCUT2D eigenvalue weighted by atomic mass is 35.5. The van der Waals surface area contributed by atoms with Gasteiger partial charge in [-0.2, -0.15) is 5.10 Å². The van der Waals surface area contributed by atoms with Gasteiger partial charge in [-0.15, -0.1) is 0 Å². The van der Waals surface area contributed by atoms with Crippen LogP contribution in [0.5, 0.6) is 0 Å². The third-order valence-corrected chi connectivity index (χ3v) is 4.77. The number of aromatic nitrogens is 2. The van der Waals surface area contributed by atoms with E-state index < -0.39 is 6.10 Å². The molecule has 0 radical (unpaired) electrons. The molecule has 0 bridgehead atoms. The number of para-hydroxylation sites is 1. The Kier molecular flexibility index (Phi) is 4.41. The summed E-state index contributed by atoms with van der Waals surface area (Å²) in [6.07, 6.45) is 0.298. The van der Waals surface area contributed by atoms with Gasteiger partial charge in [0.1, 0.15) is 5.15 Å². The Hall–Kier alpha value is -1.85. The molecule has 2 heterocycles. The minimum atomic E-state index is -0.490. The van der Waals surface area contributed by atoms with Crippen LogP contribution in [0.15, 0.2) is 30.3 Å². The first-order chi connectivity index (χ1) is 11.0. The molecule has 1 saturated heterocycles. The van der Waals surface area contributed by atoms with Gasteiger partial charge in [0.2, 0.25) is 0 Å². The molecule has 1 aliphatic rings. The van der Waals surface area contributed by atoms with Gasteiger partial charge in [0.25, 0.3) is 5.91 Å². The summed E-state index contributed by atoms with van der Waals surface area (Å²) >= 11 is 6.43. The van der Waals surface area contributed by atoms with Gasteiger partial charge in [0.05, 0.1) is 23.0 Å². The van der Waals surface area contributed by atoms with E-state index >= 15 is 0 Å². The molecule has 1 fully saturated rings. The number of carbonyl (C=O) groups excluding carboxylic acids is 1. The fourth-order valence-corrected chi connectivity index (χ4v) is 3.23. The fourth-order valence-electron chi connectivity index (χ4n) is 2.87. The molecule has 2 unspecified atom stereocenters. The number of hydrogen-bond acceptors (Lipinski definition) is 3. The van der Waals surface area contributed by atoms with Crippen LogP contribution >= 0.6 is 11.6 Å². The third-order valence-electron chi connectivity index (χ3n) is 4.42. The maximum absolute atomic E-state index is 12.8. The highest BCUT2D eigenvalue weighted by molar-refractivity contribution is 6.33. The predicted molar refractivity (Wildman–Crippen MR) is 89.0 cm³/mol. The third kappa shape index (κ3) is 2.99. The highest BCUT2D eigenvalue weighted by Gasteiger charge is 2.31. The highest BCUT2D eigenvalue weighted by Crippen LogP contribution is 2.27. The lowest BCUT2D eigenvalue weighted by atomic mass is 9.95. The Labute approximate surface area is 140 Å². The van der Waals surface area contributed by atoms with Gasteiger partial charge in [-0.1, -0.05) is 36.7 Å². The van der Waals surface area contributed by atoms with Gasteiger partial charge in [-0.25, -0.2) is 4.68 Å². The zero-order valence-corrected chi connectivity index (χ0v) is 14.0. The van der Waals surface area contributed by atoms with E-state index in [0.717, 1.165) is 12.1 Å². The van der Waals surface area contributed by atoms with E-state index in [1.165, 1.54) is 0 Å². The normalized spacial score (nSPS) is 21.5. The Morgan fingerprint density at radius 1 is 1.35 bits per heavy atom. The number of carbonyl (C=O) groups is 1. The van der Waals surface area contributed by atoms with Crippen molar-refractivity contribution in [3.8, 4) is 5.69 Å².